The third kappa shape index (κ3) is 4.87. The number of phenols is 2. The number of carbonyl (C=O) groups excluding carboxylic acids is 1. The van der Waals surface area contributed by atoms with E-state index in [0.717, 1.165) is 34.4 Å². The van der Waals surface area contributed by atoms with Crippen LogP contribution in [0.5, 0.6) is 23.0 Å². The van der Waals surface area contributed by atoms with Gasteiger partial charge >= 0.3 is 6.18 Å². The molecule has 4 heterocycles. The number of hydrogen-bond acceptors (Lipinski definition) is 8. The van der Waals surface area contributed by atoms with Crippen LogP contribution in [0, 0.1) is 32.1 Å². The van der Waals surface area contributed by atoms with Crippen molar-refractivity contribution in [2.75, 3.05) is 20.4 Å². The molecule has 0 radical (unpaired) electrons. The molecule has 12 heteroatoms. The Morgan fingerprint density at radius 1 is 1.06 bits per heavy atom. The Morgan fingerprint density at radius 2 is 1.81 bits per heavy atom. The maximum absolute atomic E-state index is 13.2. The van der Waals surface area contributed by atoms with Crippen molar-refractivity contribution in [1.29, 1.82) is 5.26 Å². The first-order valence-corrected chi connectivity index (χ1v) is 15.8. The van der Waals surface area contributed by atoms with Gasteiger partial charge in [0.2, 0.25) is 12.7 Å². The van der Waals surface area contributed by atoms with Crippen molar-refractivity contribution in [2.45, 2.75) is 70.0 Å². The lowest BCUT2D eigenvalue weighted by Crippen LogP contribution is -2.68. The molecule has 3 aromatic carbocycles. The van der Waals surface area contributed by atoms with Crippen LogP contribution in [-0.2, 0) is 23.8 Å². The van der Waals surface area contributed by atoms with Crippen molar-refractivity contribution in [3.63, 3.8) is 0 Å². The predicted molar refractivity (Wildman–Crippen MR) is 170 cm³/mol. The maximum atomic E-state index is 13.2. The minimum absolute atomic E-state index is 0.000659. The Labute approximate surface area is 275 Å². The highest BCUT2D eigenvalue weighted by Crippen LogP contribution is 2.57. The van der Waals surface area contributed by atoms with E-state index in [0.29, 0.717) is 41.0 Å². The first-order valence-electron chi connectivity index (χ1n) is 15.8. The lowest BCUT2D eigenvalue weighted by molar-refractivity contribution is -0.137. The molecule has 3 aromatic rings. The summed E-state index contributed by atoms with van der Waals surface area (Å²) in [4.78, 5) is 17.4. The van der Waals surface area contributed by atoms with Crippen LogP contribution in [0.15, 0.2) is 36.4 Å². The molecule has 1 fully saturated rings. The smallest absolute Gasteiger partial charge is 0.416 e. The van der Waals surface area contributed by atoms with Gasteiger partial charge in [0, 0.05) is 47.0 Å². The van der Waals surface area contributed by atoms with Gasteiger partial charge in [0.05, 0.1) is 23.7 Å². The van der Waals surface area contributed by atoms with Gasteiger partial charge in [-0.15, -0.1) is 0 Å². The zero-order chi connectivity index (χ0) is 34.2. The number of likely N-dealkylation sites (N-methyl/N-ethyl adjacent to an activating group) is 1. The molecule has 1 unspecified atom stereocenters. The predicted octanol–water partition coefficient (Wildman–Crippen LogP) is 5.37. The Bertz CT molecular complexity index is 1920. The van der Waals surface area contributed by atoms with E-state index in [2.05, 4.69) is 27.3 Å². The molecule has 0 aliphatic carbocycles. The number of aryl methyl sites for hydroxylation is 1. The van der Waals surface area contributed by atoms with Crippen molar-refractivity contribution < 1.29 is 37.7 Å². The van der Waals surface area contributed by atoms with E-state index in [4.69, 9.17) is 9.47 Å². The number of alkyl halides is 3. The van der Waals surface area contributed by atoms with Gasteiger partial charge in [-0.2, -0.15) is 18.4 Å². The summed E-state index contributed by atoms with van der Waals surface area (Å²) in [6, 6.07) is 7.07. The molecule has 1 amide bonds. The van der Waals surface area contributed by atoms with Gasteiger partial charge in [-0.1, -0.05) is 18.2 Å². The zero-order valence-electron chi connectivity index (χ0n) is 26.9. The molecule has 1 saturated heterocycles. The minimum atomic E-state index is -4.51. The van der Waals surface area contributed by atoms with Crippen LogP contribution in [-0.4, -0.2) is 64.4 Å². The largest absolute Gasteiger partial charge is 0.507 e. The van der Waals surface area contributed by atoms with E-state index in [-0.39, 0.29) is 48.5 Å². The number of piperazine rings is 1. The summed E-state index contributed by atoms with van der Waals surface area (Å²) in [6.45, 7) is 5.54. The molecule has 48 heavy (non-hydrogen) atoms. The molecule has 4 aliphatic rings. The fraction of sp³-hybridized carbons (Fsp3) is 0.389. The number of ether oxygens (including phenoxy) is 2. The number of phenolic OH excluding ortho intramolecular Hbond substituents is 2. The van der Waals surface area contributed by atoms with E-state index < -0.39 is 29.7 Å². The first kappa shape index (κ1) is 31.8. The van der Waals surface area contributed by atoms with Gasteiger partial charge in [0.1, 0.15) is 17.5 Å². The average Bonchev–Trinajstić information content (AvgIpc) is 3.54. The quantitative estimate of drug-likeness (QED) is 0.320. The van der Waals surface area contributed by atoms with E-state index >= 15 is 0 Å². The number of nitrogens with zero attached hydrogens (tertiary/aromatic N) is 3. The van der Waals surface area contributed by atoms with Crippen molar-refractivity contribution in [3.05, 3.63) is 86.5 Å². The van der Waals surface area contributed by atoms with Crippen molar-refractivity contribution >= 4 is 12.0 Å². The molecule has 0 aromatic heterocycles. The number of halogens is 3. The zero-order valence-corrected chi connectivity index (χ0v) is 26.9. The number of aromatic hydroxyl groups is 2. The fourth-order valence-electron chi connectivity index (χ4n) is 8.15. The van der Waals surface area contributed by atoms with Crippen LogP contribution in [0.3, 0.4) is 0 Å². The molecule has 2 bridgehead atoms. The minimum Gasteiger partial charge on any atom is -0.507 e. The van der Waals surface area contributed by atoms with Crippen LogP contribution >= 0.6 is 0 Å². The summed E-state index contributed by atoms with van der Waals surface area (Å²) in [5.41, 5.74) is 4.71. The molecule has 7 rings (SSSR count). The Hall–Kier alpha value is -4.73. The van der Waals surface area contributed by atoms with Gasteiger partial charge in [0.25, 0.3) is 0 Å². The van der Waals surface area contributed by atoms with Crippen molar-refractivity contribution in [1.82, 2.24) is 15.1 Å². The van der Waals surface area contributed by atoms with E-state index in [1.54, 1.807) is 6.92 Å². The van der Waals surface area contributed by atoms with Crippen molar-refractivity contribution in [3.8, 4) is 29.1 Å². The van der Waals surface area contributed by atoms with Crippen molar-refractivity contribution in [2.24, 2.45) is 0 Å². The first-order chi connectivity index (χ1) is 22.8. The lowest BCUT2D eigenvalue weighted by atomic mass is 9.71. The normalized spacial score (nSPS) is 24.5. The Morgan fingerprint density at radius 3 is 2.54 bits per heavy atom. The van der Waals surface area contributed by atoms with Crippen LogP contribution in [0.4, 0.5) is 13.2 Å². The van der Waals surface area contributed by atoms with E-state index in [9.17, 15) is 33.4 Å². The summed E-state index contributed by atoms with van der Waals surface area (Å²) in [6.07, 6.45) is -1.16. The third-order valence-electron chi connectivity index (χ3n) is 10.6. The second-order valence-electron chi connectivity index (χ2n) is 13.1. The number of rotatable bonds is 4. The Balaban J connectivity index is 1.30. The summed E-state index contributed by atoms with van der Waals surface area (Å²) < 4.78 is 51.4. The number of nitriles is 1. The topological polar surface area (TPSA) is 118 Å². The van der Waals surface area contributed by atoms with Crippen LogP contribution in [0.25, 0.3) is 6.08 Å². The number of benzene rings is 3. The lowest BCUT2D eigenvalue weighted by Gasteiger charge is -2.60. The number of nitrogens with one attached hydrogen (secondary N) is 1. The van der Waals surface area contributed by atoms with Crippen LogP contribution in [0.2, 0.25) is 0 Å². The summed E-state index contributed by atoms with van der Waals surface area (Å²) in [5.74, 6) is 0.582. The van der Waals surface area contributed by atoms with Gasteiger partial charge in [0.15, 0.2) is 11.5 Å². The van der Waals surface area contributed by atoms with Gasteiger partial charge in [-0.25, -0.2) is 0 Å². The number of fused-ring (bicyclic) bond motifs is 9. The van der Waals surface area contributed by atoms with Crippen LogP contribution in [0.1, 0.15) is 62.2 Å². The van der Waals surface area contributed by atoms with Crippen LogP contribution < -0.4 is 14.8 Å². The maximum Gasteiger partial charge on any atom is 0.416 e. The third-order valence-corrected chi connectivity index (χ3v) is 10.6. The van der Waals surface area contributed by atoms with Gasteiger partial charge < -0.3 is 25.0 Å². The summed E-state index contributed by atoms with van der Waals surface area (Å²) in [7, 11) is 1.96. The average molecular weight is 661 g/mol. The number of carbonyl (C=O) groups is 1. The number of hydrogen-bond donors (Lipinski definition) is 3. The fourth-order valence-corrected chi connectivity index (χ4v) is 8.15. The highest BCUT2D eigenvalue weighted by molar-refractivity contribution is 5.91. The van der Waals surface area contributed by atoms with E-state index in [1.165, 1.54) is 24.3 Å². The second kappa shape index (κ2) is 11.5. The number of amides is 1. The van der Waals surface area contributed by atoms with Gasteiger partial charge in [-0.3, -0.25) is 14.6 Å². The SMILES string of the molecule is Cc1cc2c(c(O)c1C)[C@@H]1C3Cc4c(O)c(C)c5c(c4[C@H](CNC(=O)/C=C/c4cccc(C(F)(F)F)c4)N3[C@@H](C#N)[C@H](C2)N1C)OCO5. The monoisotopic (exact) mass is 660 g/mol. The molecule has 250 valence electrons. The molecule has 3 N–H and O–H groups in total. The highest BCUT2D eigenvalue weighted by atomic mass is 19.4. The molecular weight excluding hydrogens is 625 g/mol. The molecule has 5 atom stereocenters. The standard InChI is InChI=1S/C36H35F3N4O5/c1-17-10-21-12-24-26(14-40)43-25(31(42(24)4)29(21)33(46)18(17)2)13-23-30(35-34(47-16-48-35)19(3)32(23)45)27(43)15-41-28(44)9-8-20-6-5-7-22(11-20)36(37,38)39/h5-11,24-27,31,45-46H,12-13,15-16H2,1-4H3,(H,41,44)/b9-8+/t24-,25?,26-,27-,31-/m0/s1. The summed E-state index contributed by atoms with van der Waals surface area (Å²) >= 11 is 0. The summed E-state index contributed by atoms with van der Waals surface area (Å²) in [5, 5.41) is 36.7. The molecular formula is C36H35F3N4O5. The molecule has 4 aliphatic heterocycles. The Kier molecular flexibility index (Phi) is 7.60. The van der Waals surface area contributed by atoms with Gasteiger partial charge in [-0.05, 0) is 81.1 Å². The highest BCUT2D eigenvalue weighted by Gasteiger charge is 2.56. The second-order valence-corrected chi connectivity index (χ2v) is 13.1. The molecule has 0 saturated carbocycles. The molecule has 9 nitrogen and oxygen atoms in total. The molecule has 0 spiro atoms. The van der Waals surface area contributed by atoms with E-state index in [1.807, 2.05) is 20.9 Å².